The molecule has 0 aromatic heterocycles. The van der Waals surface area contributed by atoms with Crippen molar-refractivity contribution in [1.82, 2.24) is 10.2 Å². The highest BCUT2D eigenvalue weighted by atomic mass is 32.1. The fraction of sp³-hybridized carbons (Fsp3) is 0.467. The van der Waals surface area contributed by atoms with Gasteiger partial charge in [0.2, 0.25) is 0 Å². The highest BCUT2D eigenvalue weighted by Crippen LogP contribution is 2.18. The number of carbonyl (C=O) groups is 1. The molecule has 0 spiro atoms. The lowest BCUT2D eigenvalue weighted by Gasteiger charge is -2.31. The number of phenolic OH excluding ortho intramolecular Hbond substituents is 1. The van der Waals surface area contributed by atoms with Crippen LogP contribution in [0.4, 0.5) is 0 Å². The number of hydrogen-bond acceptors (Lipinski definition) is 4. The van der Waals surface area contributed by atoms with E-state index in [9.17, 15) is 9.90 Å². The first kappa shape index (κ1) is 15.7. The number of thiocarbonyl (C=S) groups is 1. The number of amides is 1. The van der Waals surface area contributed by atoms with Crippen LogP contribution in [0, 0.1) is 6.92 Å². The second-order valence-corrected chi connectivity index (χ2v) is 6.02. The molecule has 1 saturated heterocycles. The Morgan fingerprint density at radius 3 is 2.71 bits per heavy atom. The Hall–Kier alpha value is -1.66. The molecule has 6 heteroatoms. The quantitative estimate of drug-likeness (QED) is 0.728. The zero-order valence-electron chi connectivity index (χ0n) is 12.1. The minimum Gasteiger partial charge on any atom is -0.508 e. The number of rotatable bonds is 4. The maximum atomic E-state index is 12.2. The van der Waals surface area contributed by atoms with Gasteiger partial charge in [0.1, 0.15) is 5.75 Å². The molecule has 0 radical (unpaired) electrons. The summed E-state index contributed by atoms with van der Waals surface area (Å²) in [5, 5.41) is 12.7. The summed E-state index contributed by atoms with van der Waals surface area (Å²) in [6, 6.07) is 5.14. The van der Waals surface area contributed by atoms with Gasteiger partial charge in [0.05, 0.1) is 4.99 Å². The number of carbonyl (C=O) groups excluding carboxylic acids is 1. The Labute approximate surface area is 130 Å². The lowest BCUT2D eigenvalue weighted by molar-refractivity contribution is 0.0914. The molecule has 5 nitrogen and oxygen atoms in total. The van der Waals surface area contributed by atoms with E-state index in [1.54, 1.807) is 19.1 Å². The van der Waals surface area contributed by atoms with Crippen molar-refractivity contribution in [3.05, 3.63) is 29.3 Å². The van der Waals surface area contributed by atoms with Gasteiger partial charge in [-0.2, -0.15) is 0 Å². The third-order valence-electron chi connectivity index (χ3n) is 3.77. The first-order chi connectivity index (χ1) is 9.95. The average Bonchev–Trinajstić information content (AvgIpc) is 2.43. The molecular weight excluding hydrogens is 286 g/mol. The van der Waals surface area contributed by atoms with Crippen LogP contribution in [0.3, 0.4) is 0 Å². The molecule has 0 atom stereocenters. The number of piperidine rings is 1. The largest absolute Gasteiger partial charge is 0.508 e. The van der Waals surface area contributed by atoms with Gasteiger partial charge < -0.3 is 16.2 Å². The van der Waals surface area contributed by atoms with Gasteiger partial charge in [-0.25, -0.2) is 0 Å². The molecule has 2 rings (SSSR count). The number of phenols is 1. The fourth-order valence-electron chi connectivity index (χ4n) is 2.48. The molecule has 1 heterocycles. The lowest BCUT2D eigenvalue weighted by atomic mass is 10.0. The van der Waals surface area contributed by atoms with Crippen LogP contribution < -0.4 is 11.1 Å². The van der Waals surface area contributed by atoms with Gasteiger partial charge in [-0.3, -0.25) is 9.69 Å². The highest BCUT2D eigenvalue weighted by molar-refractivity contribution is 7.80. The van der Waals surface area contributed by atoms with Crippen molar-refractivity contribution < 1.29 is 9.90 Å². The van der Waals surface area contributed by atoms with Crippen LogP contribution in [-0.4, -0.2) is 46.6 Å². The molecule has 0 saturated carbocycles. The van der Waals surface area contributed by atoms with Gasteiger partial charge in [0.15, 0.2) is 0 Å². The van der Waals surface area contributed by atoms with Crippen LogP contribution in [-0.2, 0) is 0 Å². The zero-order chi connectivity index (χ0) is 15.4. The standard InChI is InChI=1S/C15H21N3O2S/c1-10-2-3-11(8-13(10)19)15(20)17-12-4-6-18(7-5-12)9-14(16)21/h2-3,8,12,19H,4-7,9H2,1H3,(H2,16,21)(H,17,20). The second kappa shape index (κ2) is 6.87. The number of aromatic hydroxyl groups is 1. The third-order valence-corrected chi connectivity index (χ3v) is 3.90. The van der Waals surface area contributed by atoms with E-state index in [1.165, 1.54) is 6.07 Å². The maximum absolute atomic E-state index is 12.2. The monoisotopic (exact) mass is 307 g/mol. The van der Waals surface area contributed by atoms with Crippen molar-refractivity contribution in [1.29, 1.82) is 0 Å². The molecule has 0 unspecified atom stereocenters. The zero-order valence-corrected chi connectivity index (χ0v) is 12.9. The van der Waals surface area contributed by atoms with E-state index in [1.807, 2.05) is 0 Å². The van der Waals surface area contributed by atoms with Gasteiger partial charge in [-0.15, -0.1) is 0 Å². The molecule has 1 aromatic rings. The molecule has 114 valence electrons. The van der Waals surface area contributed by atoms with Gasteiger partial charge in [0.25, 0.3) is 5.91 Å². The number of nitrogens with two attached hydrogens (primary N) is 1. The number of benzene rings is 1. The minimum absolute atomic E-state index is 0.141. The molecule has 1 aliphatic heterocycles. The molecule has 1 aliphatic rings. The highest BCUT2D eigenvalue weighted by Gasteiger charge is 2.21. The van der Waals surface area contributed by atoms with E-state index in [2.05, 4.69) is 10.2 Å². The van der Waals surface area contributed by atoms with Crippen LogP contribution in [0.1, 0.15) is 28.8 Å². The van der Waals surface area contributed by atoms with Crippen molar-refractivity contribution in [2.45, 2.75) is 25.8 Å². The van der Waals surface area contributed by atoms with Gasteiger partial charge >= 0.3 is 0 Å². The van der Waals surface area contributed by atoms with E-state index >= 15 is 0 Å². The average molecular weight is 307 g/mol. The lowest BCUT2D eigenvalue weighted by Crippen LogP contribution is -2.46. The summed E-state index contributed by atoms with van der Waals surface area (Å²) >= 11 is 4.90. The Morgan fingerprint density at radius 1 is 1.48 bits per heavy atom. The topological polar surface area (TPSA) is 78.6 Å². The summed E-state index contributed by atoms with van der Waals surface area (Å²) in [4.78, 5) is 14.9. The summed E-state index contributed by atoms with van der Waals surface area (Å²) in [7, 11) is 0. The van der Waals surface area contributed by atoms with Crippen molar-refractivity contribution in [2.75, 3.05) is 19.6 Å². The van der Waals surface area contributed by atoms with Crippen LogP contribution in [0.25, 0.3) is 0 Å². The number of hydrogen-bond donors (Lipinski definition) is 3. The first-order valence-electron chi connectivity index (χ1n) is 7.07. The van der Waals surface area contributed by atoms with Gasteiger partial charge in [-0.1, -0.05) is 18.3 Å². The number of nitrogens with zero attached hydrogens (tertiary/aromatic N) is 1. The number of aryl methyl sites for hydroxylation is 1. The summed E-state index contributed by atoms with van der Waals surface area (Å²) < 4.78 is 0. The van der Waals surface area contributed by atoms with E-state index < -0.39 is 0 Å². The predicted molar refractivity (Wildman–Crippen MR) is 86.6 cm³/mol. The normalized spacial score (nSPS) is 16.6. The number of likely N-dealkylation sites (tertiary alicyclic amines) is 1. The molecule has 21 heavy (non-hydrogen) atoms. The summed E-state index contributed by atoms with van der Waals surface area (Å²) in [6.07, 6.45) is 1.76. The number of nitrogens with one attached hydrogen (secondary N) is 1. The SMILES string of the molecule is Cc1ccc(C(=O)NC2CCN(CC(N)=S)CC2)cc1O. The van der Waals surface area contributed by atoms with Crippen molar-refractivity contribution >= 4 is 23.1 Å². The molecular formula is C15H21N3O2S. The summed E-state index contributed by atoms with van der Waals surface area (Å²) in [6.45, 7) is 4.19. The van der Waals surface area contributed by atoms with Crippen LogP contribution >= 0.6 is 12.2 Å². The van der Waals surface area contributed by atoms with E-state index in [4.69, 9.17) is 18.0 Å². The Morgan fingerprint density at radius 2 is 2.14 bits per heavy atom. The molecule has 1 amide bonds. The molecule has 1 fully saturated rings. The van der Waals surface area contributed by atoms with Crippen molar-refractivity contribution in [2.24, 2.45) is 5.73 Å². The van der Waals surface area contributed by atoms with Crippen LogP contribution in [0.15, 0.2) is 18.2 Å². The van der Waals surface area contributed by atoms with Crippen LogP contribution in [0.5, 0.6) is 5.75 Å². The molecule has 4 N–H and O–H groups in total. The maximum Gasteiger partial charge on any atom is 0.251 e. The van der Waals surface area contributed by atoms with E-state index in [0.29, 0.717) is 17.1 Å². The first-order valence-corrected chi connectivity index (χ1v) is 7.47. The van der Waals surface area contributed by atoms with Gasteiger partial charge in [0, 0.05) is 31.2 Å². The second-order valence-electron chi connectivity index (χ2n) is 5.49. The Balaban J connectivity index is 1.86. The Kier molecular flexibility index (Phi) is 5.14. The van der Waals surface area contributed by atoms with Gasteiger partial charge in [-0.05, 0) is 37.5 Å². The molecule has 0 bridgehead atoms. The molecule has 1 aromatic carbocycles. The fourth-order valence-corrected chi connectivity index (χ4v) is 2.66. The Bertz CT molecular complexity index is 540. The van der Waals surface area contributed by atoms with Crippen molar-refractivity contribution in [3.8, 4) is 5.75 Å². The third kappa shape index (κ3) is 4.41. The van der Waals surface area contributed by atoms with E-state index in [0.717, 1.165) is 31.5 Å². The predicted octanol–water partition coefficient (Wildman–Crippen LogP) is 1.18. The van der Waals surface area contributed by atoms with Crippen LogP contribution in [0.2, 0.25) is 0 Å². The summed E-state index contributed by atoms with van der Waals surface area (Å²) in [5.41, 5.74) is 6.79. The minimum atomic E-state index is -0.141. The van der Waals surface area contributed by atoms with Crippen molar-refractivity contribution in [3.63, 3.8) is 0 Å². The summed E-state index contributed by atoms with van der Waals surface area (Å²) in [5.74, 6) is 0.00650. The smallest absolute Gasteiger partial charge is 0.251 e. The molecule has 0 aliphatic carbocycles. The van der Waals surface area contributed by atoms with E-state index in [-0.39, 0.29) is 17.7 Å².